The minimum absolute atomic E-state index is 0.0543. The highest BCUT2D eigenvalue weighted by atomic mass is 19.4. The number of carbonyl (C=O) groups is 1. The Bertz CT molecular complexity index is 1320. The van der Waals surface area contributed by atoms with Crippen molar-refractivity contribution >= 4 is 16.9 Å². The molecule has 35 heavy (non-hydrogen) atoms. The topological polar surface area (TPSA) is 59.0 Å². The van der Waals surface area contributed by atoms with Crippen LogP contribution in [0.2, 0.25) is 0 Å². The Morgan fingerprint density at radius 3 is 1.97 bits per heavy atom. The zero-order valence-corrected chi connectivity index (χ0v) is 17.8. The van der Waals surface area contributed by atoms with Crippen LogP contribution in [0.4, 0.5) is 26.3 Å². The van der Waals surface area contributed by atoms with Crippen molar-refractivity contribution in [1.29, 1.82) is 0 Å². The summed E-state index contributed by atoms with van der Waals surface area (Å²) < 4.78 is 79.9. The summed E-state index contributed by atoms with van der Waals surface area (Å²) in [6, 6.07) is 9.04. The Kier molecular flexibility index (Phi) is 6.42. The van der Waals surface area contributed by atoms with E-state index in [4.69, 9.17) is 0 Å². The lowest BCUT2D eigenvalue weighted by Gasteiger charge is -2.24. The van der Waals surface area contributed by atoms with Gasteiger partial charge in [-0.1, -0.05) is 6.07 Å². The number of hydrogen-bond acceptors (Lipinski definition) is 4. The van der Waals surface area contributed by atoms with E-state index in [9.17, 15) is 31.1 Å². The van der Waals surface area contributed by atoms with E-state index < -0.39 is 35.9 Å². The molecule has 0 aliphatic heterocycles. The second-order valence-electron chi connectivity index (χ2n) is 7.70. The molecule has 0 bridgehead atoms. The van der Waals surface area contributed by atoms with Gasteiger partial charge in [-0.05, 0) is 53.6 Å². The van der Waals surface area contributed by atoms with E-state index in [2.05, 4.69) is 15.0 Å². The first-order valence-electron chi connectivity index (χ1n) is 10.2. The van der Waals surface area contributed by atoms with E-state index in [1.165, 1.54) is 36.9 Å². The fourth-order valence-corrected chi connectivity index (χ4v) is 3.52. The van der Waals surface area contributed by atoms with Crippen LogP contribution in [0.3, 0.4) is 0 Å². The first-order valence-corrected chi connectivity index (χ1v) is 10.2. The maximum absolute atomic E-state index is 13.4. The van der Waals surface area contributed by atoms with Crippen molar-refractivity contribution in [2.75, 3.05) is 0 Å². The Labute approximate surface area is 195 Å². The summed E-state index contributed by atoms with van der Waals surface area (Å²) >= 11 is 0. The fraction of sp³-hybridized carbons (Fsp3) is 0.167. The van der Waals surface area contributed by atoms with Crippen molar-refractivity contribution in [2.24, 2.45) is 0 Å². The van der Waals surface area contributed by atoms with Gasteiger partial charge in [0.15, 0.2) is 0 Å². The monoisotopic (exact) mass is 490 g/mol. The van der Waals surface area contributed by atoms with Crippen molar-refractivity contribution in [1.82, 2.24) is 19.9 Å². The van der Waals surface area contributed by atoms with Gasteiger partial charge in [-0.25, -0.2) is 0 Å². The van der Waals surface area contributed by atoms with Crippen molar-refractivity contribution < 1.29 is 31.1 Å². The average molecular weight is 490 g/mol. The maximum Gasteiger partial charge on any atom is 0.416 e. The van der Waals surface area contributed by atoms with E-state index in [1.807, 2.05) is 0 Å². The molecule has 4 rings (SSSR count). The Morgan fingerprint density at radius 2 is 1.37 bits per heavy atom. The highest BCUT2D eigenvalue weighted by Crippen LogP contribution is 2.36. The van der Waals surface area contributed by atoms with Gasteiger partial charge >= 0.3 is 12.4 Å². The molecule has 0 spiro atoms. The van der Waals surface area contributed by atoms with Crippen LogP contribution < -0.4 is 0 Å². The molecule has 0 aliphatic carbocycles. The number of aromatic nitrogens is 3. The second-order valence-corrected chi connectivity index (χ2v) is 7.70. The zero-order chi connectivity index (χ0) is 25.2. The molecule has 2 heterocycles. The zero-order valence-electron chi connectivity index (χ0n) is 17.8. The van der Waals surface area contributed by atoms with Crippen LogP contribution in [0.1, 0.15) is 32.6 Å². The van der Waals surface area contributed by atoms with Gasteiger partial charge in [-0.15, -0.1) is 0 Å². The van der Waals surface area contributed by atoms with Gasteiger partial charge in [0.25, 0.3) is 5.91 Å². The predicted molar refractivity (Wildman–Crippen MR) is 114 cm³/mol. The van der Waals surface area contributed by atoms with Crippen LogP contribution in [0.15, 0.2) is 73.3 Å². The third-order valence-electron chi connectivity index (χ3n) is 5.12. The number of benzene rings is 2. The summed E-state index contributed by atoms with van der Waals surface area (Å²) in [5.41, 5.74) is -1.57. The molecule has 0 radical (unpaired) electrons. The molecule has 2 aromatic carbocycles. The minimum Gasteiger partial charge on any atom is -0.330 e. The van der Waals surface area contributed by atoms with Crippen molar-refractivity contribution in [3.05, 3.63) is 101 Å². The fourth-order valence-electron chi connectivity index (χ4n) is 3.52. The largest absolute Gasteiger partial charge is 0.416 e. The van der Waals surface area contributed by atoms with Gasteiger partial charge in [0, 0.05) is 43.4 Å². The quantitative estimate of drug-likeness (QED) is 0.327. The second kappa shape index (κ2) is 9.32. The number of pyridine rings is 1. The molecule has 2 aromatic heterocycles. The number of halogens is 6. The lowest BCUT2D eigenvalue weighted by atomic mass is 10.0. The number of carbonyl (C=O) groups excluding carboxylic acids is 1. The lowest BCUT2D eigenvalue weighted by molar-refractivity contribution is -0.143. The number of rotatable bonds is 5. The van der Waals surface area contributed by atoms with E-state index in [0.717, 1.165) is 4.90 Å². The Morgan fingerprint density at radius 1 is 0.743 bits per heavy atom. The number of fused-ring (bicyclic) bond motifs is 1. The van der Waals surface area contributed by atoms with Gasteiger partial charge in [0.2, 0.25) is 0 Å². The van der Waals surface area contributed by atoms with Crippen LogP contribution >= 0.6 is 0 Å². The van der Waals surface area contributed by atoms with Crippen molar-refractivity contribution in [2.45, 2.75) is 25.4 Å². The molecular formula is C24H16F6N4O. The minimum atomic E-state index is -4.99. The van der Waals surface area contributed by atoms with Gasteiger partial charge in [0.05, 0.1) is 22.2 Å². The van der Waals surface area contributed by atoms with Gasteiger partial charge in [0.1, 0.15) is 0 Å². The molecular weight excluding hydrogens is 474 g/mol. The first-order chi connectivity index (χ1) is 16.5. The third-order valence-corrected chi connectivity index (χ3v) is 5.12. The summed E-state index contributed by atoms with van der Waals surface area (Å²) in [7, 11) is 0. The van der Waals surface area contributed by atoms with E-state index in [-0.39, 0.29) is 23.7 Å². The van der Waals surface area contributed by atoms with Crippen molar-refractivity contribution in [3.63, 3.8) is 0 Å². The first kappa shape index (κ1) is 24.1. The Balaban J connectivity index is 1.75. The van der Waals surface area contributed by atoms with Crippen LogP contribution in [0.25, 0.3) is 11.0 Å². The van der Waals surface area contributed by atoms with E-state index >= 15 is 0 Å². The summed E-state index contributed by atoms with van der Waals surface area (Å²) in [6.07, 6.45) is -4.12. The van der Waals surface area contributed by atoms with E-state index in [1.54, 1.807) is 18.2 Å². The van der Waals surface area contributed by atoms with Gasteiger partial charge in [-0.3, -0.25) is 19.7 Å². The number of alkyl halides is 6. The Hall–Kier alpha value is -4.02. The normalized spacial score (nSPS) is 12.1. The molecule has 0 saturated carbocycles. The lowest BCUT2D eigenvalue weighted by Crippen LogP contribution is -2.30. The van der Waals surface area contributed by atoms with Gasteiger partial charge < -0.3 is 4.90 Å². The van der Waals surface area contributed by atoms with Crippen LogP contribution in [-0.4, -0.2) is 25.8 Å². The predicted octanol–water partition coefficient (Wildman–Crippen LogP) is 5.91. The maximum atomic E-state index is 13.4. The highest BCUT2D eigenvalue weighted by Gasteiger charge is 2.37. The van der Waals surface area contributed by atoms with Gasteiger partial charge in [-0.2, -0.15) is 26.3 Å². The van der Waals surface area contributed by atoms with Crippen molar-refractivity contribution in [3.8, 4) is 0 Å². The molecule has 0 saturated heterocycles. The third kappa shape index (κ3) is 5.73. The number of hydrogen-bond donors (Lipinski definition) is 0. The molecule has 0 fully saturated rings. The molecule has 4 aromatic rings. The average Bonchev–Trinajstić information content (AvgIpc) is 2.82. The number of amides is 1. The molecule has 11 heteroatoms. The molecule has 0 atom stereocenters. The van der Waals surface area contributed by atoms with Crippen LogP contribution in [0, 0.1) is 0 Å². The molecule has 180 valence electrons. The molecule has 1 amide bonds. The standard InChI is InChI=1S/C24H16F6N4O/c25-23(26,27)18-8-16(9-19(11-18)24(28,29)30)14-34(13-15-2-1-5-31-12-15)22(35)17-3-4-20-21(10-17)33-7-6-32-20/h1-12H,13-14H2. The molecule has 0 aliphatic rings. The summed E-state index contributed by atoms with van der Waals surface area (Å²) in [6.45, 7) is -0.595. The van der Waals surface area contributed by atoms with Crippen LogP contribution in [0.5, 0.6) is 0 Å². The summed E-state index contributed by atoms with van der Waals surface area (Å²) in [4.78, 5) is 26.7. The SMILES string of the molecule is O=C(c1ccc2nccnc2c1)N(Cc1cccnc1)Cc1cc(C(F)(F)F)cc(C(F)(F)F)c1. The molecule has 0 unspecified atom stereocenters. The highest BCUT2D eigenvalue weighted by molar-refractivity contribution is 5.97. The number of nitrogens with zero attached hydrogens (tertiary/aromatic N) is 4. The molecule has 5 nitrogen and oxygen atoms in total. The smallest absolute Gasteiger partial charge is 0.330 e. The van der Waals surface area contributed by atoms with E-state index in [0.29, 0.717) is 28.7 Å². The van der Waals surface area contributed by atoms with Crippen LogP contribution in [-0.2, 0) is 25.4 Å². The summed E-state index contributed by atoms with van der Waals surface area (Å²) in [5.74, 6) is -0.604. The molecule has 0 N–H and O–H groups in total. The summed E-state index contributed by atoms with van der Waals surface area (Å²) in [5, 5.41) is 0.